The molecule has 0 spiro atoms. The fraction of sp³-hybridized carbons (Fsp3) is 0.654. The minimum absolute atomic E-state index is 0.00662. The van der Waals surface area contributed by atoms with E-state index in [1.165, 1.54) is 11.1 Å². The van der Waals surface area contributed by atoms with E-state index in [0.717, 1.165) is 57.3 Å². The molecule has 0 saturated heterocycles. The summed E-state index contributed by atoms with van der Waals surface area (Å²) in [6.45, 7) is 6.54. The maximum Gasteiger partial charge on any atom is 0.240 e. The number of nitrogens with two attached hydrogens (primary N) is 1. The highest BCUT2D eigenvalue weighted by Crippen LogP contribution is 2.60. The molecule has 4 fully saturated rings. The molecule has 4 aliphatic carbocycles. The van der Waals surface area contributed by atoms with Crippen molar-refractivity contribution >= 4 is 23.4 Å². The van der Waals surface area contributed by atoms with Crippen LogP contribution in [0.25, 0.3) is 0 Å². The lowest BCUT2D eigenvalue weighted by molar-refractivity contribution is -0.149. The van der Waals surface area contributed by atoms with E-state index < -0.39 is 5.54 Å². The van der Waals surface area contributed by atoms with Crippen molar-refractivity contribution in [3.05, 3.63) is 40.2 Å². The molecule has 3 unspecified atom stereocenters. The molecule has 6 aliphatic rings. The highest BCUT2D eigenvalue weighted by Gasteiger charge is 2.58. The number of carbonyl (C=O) groups excluding carboxylic acids is 2. The van der Waals surface area contributed by atoms with Crippen molar-refractivity contribution in [1.29, 1.82) is 0 Å². The molecule has 7 nitrogen and oxygen atoms in total. The van der Waals surface area contributed by atoms with Crippen LogP contribution in [0.15, 0.2) is 29.5 Å². The number of amides is 2. The van der Waals surface area contributed by atoms with Crippen molar-refractivity contribution in [2.24, 2.45) is 28.9 Å². The average molecular weight is 484 g/mol. The lowest BCUT2D eigenvalue weighted by Crippen LogP contribution is -2.65. The van der Waals surface area contributed by atoms with Gasteiger partial charge in [-0.2, -0.15) is 0 Å². The number of halogens is 1. The van der Waals surface area contributed by atoms with Gasteiger partial charge in [0.05, 0.1) is 11.6 Å². The molecule has 182 valence electrons. The third-order valence-electron chi connectivity index (χ3n) is 9.54. The first-order valence-corrected chi connectivity index (χ1v) is 13.0. The van der Waals surface area contributed by atoms with Crippen molar-refractivity contribution in [2.75, 3.05) is 19.6 Å². The molecule has 8 heteroatoms. The number of pyridine rings is 1. The molecule has 4 N–H and O–H groups in total. The summed E-state index contributed by atoms with van der Waals surface area (Å²) in [6, 6.07) is 3.99. The predicted molar refractivity (Wildman–Crippen MR) is 130 cm³/mol. The molecule has 0 radical (unpaired) electrons. The third-order valence-corrected chi connectivity index (χ3v) is 9.77. The number of rotatable bonds is 5. The minimum Gasteiger partial charge on any atom is -0.369 e. The van der Waals surface area contributed by atoms with E-state index in [2.05, 4.69) is 20.5 Å². The first kappa shape index (κ1) is 22.5. The largest absolute Gasteiger partial charge is 0.369 e. The zero-order valence-electron chi connectivity index (χ0n) is 19.9. The molecule has 4 bridgehead atoms. The Morgan fingerprint density at radius 3 is 2.59 bits per heavy atom. The first-order valence-electron chi connectivity index (χ1n) is 12.6. The van der Waals surface area contributed by atoms with Gasteiger partial charge in [0, 0.05) is 37.3 Å². The van der Waals surface area contributed by atoms with Gasteiger partial charge in [-0.15, -0.1) is 0 Å². The summed E-state index contributed by atoms with van der Waals surface area (Å²) < 4.78 is 0. The van der Waals surface area contributed by atoms with Crippen LogP contribution in [0.2, 0.25) is 5.15 Å². The lowest BCUT2D eigenvalue weighted by Gasteiger charge is -2.59. The fourth-order valence-electron chi connectivity index (χ4n) is 7.99. The van der Waals surface area contributed by atoms with Gasteiger partial charge in [0.25, 0.3) is 0 Å². The van der Waals surface area contributed by atoms with E-state index in [1.807, 2.05) is 32.2 Å². The Morgan fingerprint density at radius 1 is 1.21 bits per heavy atom. The van der Waals surface area contributed by atoms with Crippen molar-refractivity contribution < 1.29 is 9.59 Å². The first-order chi connectivity index (χ1) is 16.2. The van der Waals surface area contributed by atoms with E-state index in [0.29, 0.717) is 22.9 Å². The van der Waals surface area contributed by atoms with Crippen LogP contribution in [0, 0.1) is 23.2 Å². The maximum absolute atomic E-state index is 13.9. The highest BCUT2D eigenvalue weighted by molar-refractivity contribution is 6.29. The molecular weight excluding hydrogens is 450 g/mol. The van der Waals surface area contributed by atoms with Crippen LogP contribution in [0.1, 0.15) is 57.6 Å². The summed E-state index contributed by atoms with van der Waals surface area (Å²) in [7, 11) is 0. The second-order valence-corrected chi connectivity index (χ2v) is 12.2. The van der Waals surface area contributed by atoms with E-state index in [-0.39, 0.29) is 29.3 Å². The fourth-order valence-corrected chi connectivity index (χ4v) is 8.10. The van der Waals surface area contributed by atoms with Crippen molar-refractivity contribution in [2.45, 2.75) is 63.6 Å². The van der Waals surface area contributed by atoms with Gasteiger partial charge in [0.1, 0.15) is 5.15 Å². The van der Waals surface area contributed by atoms with Crippen molar-refractivity contribution in [3.8, 4) is 0 Å². The number of carbonyl (C=O) groups is 2. The smallest absolute Gasteiger partial charge is 0.240 e. The van der Waals surface area contributed by atoms with E-state index in [1.54, 1.807) is 0 Å². The van der Waals surface area contributed by atoms with Crippen LogP contribution < -0.4 is 16.4 Å². The van der Waals surface area contributed by atoms with Gasteiger partial charge in [0.2, 0.25) is 11.8 Å². The van der Waals surface area contributed by atoms with Gasteiger partial charge >= 0.3 is 0 Å². The van der Waals surface area contributed by atoms with E-state index >= 15 is 0 Å². The predicted octanol–water partition coefficient (Wildman–Crippen LogP) is 2.57. The Labute approximate surface area is 205 Å². The molecule has 4 saturated carbocycles. The number of hydrogen-bond donors (Lipinski definition) is 3. The normalized spacial score (nSPS) is 36.7. The summed E-state index contributed by atoms with van der Waals surface area (Å²) in [5.74, 6) is 1.20. The molecule has 7 rings (SSSR count). The van der Waals surface area contributed by atoms with Gasteiger partial charge in [-0.3, -0.25) is 14.5 Å². The molecule has 3 heterocycles. The topological polar surface area (TPSA) is 100 Å². The van der Waals surface area contributed by atoms with Crippen LogP contribution in [-0.2, 0) is 9.59 Å². The summed E-state index contributed by atoms with van der Waals surface area (Å²) in [5, 5.41) is 7.41. The average Bonchev–Trinajstić information content (AvgIpc) is 3.38. The second kappa shape index (κ2) is 7.77. The van der Waals surface area contributed by atoms with Crippen LogP contribution >= 0.6 is 11.6 Å². The lowest BCUT2D eigenvalue weighted by atomic mass is 9.47. The summed E-state index contributed by atoms with van der Waals surface area (Å²) in [5.41, 5.74) is 8.60. The number of nitrogens with one attached hydrogen (secondary N) is 2. The van der Waals surface area contributed by atoms with Gasteiger partial charge < -0.3 is 16.4 Å². The van der Waals surface area contributed by atoms with E-state index in [4.69, 9.17) is 17.3 Å². The standard InChI is InChI=1S/C26H34ClN5O2/c1-25(2,32-13-18-10-29-12-19(18)22(32)15-3-4-20(27)30-11-15)24(34)31-21-16-5-14-6-17(21)9-26(7-14,8-16)23(28)33/h3-4,11,14,16-17,21-22,29H,5-10,12-13H2,1-2H3,(H2,28,33)(H,31,34). The SMILES string of the molecule is CC(C)(C(=O)NC1C2CC3CC1CC(C(N)=O)(C3)C2)N1CC2=C(CNC2)C1c1ccc(Cl)nc1. The molecule has 1 aromatic rings. The zero-order chi connectivity index (χ0) is 23.8. The van der Waals surface area contributed by atoms with Gasteiger partial charge in [-0.25, -0.2) is 4.98 Å². The summed E-state index contributed by atoms with van der Waals surface area (Å²) in [4.78, 5) is 32.8. The second-order valence-electron chi connectivity index (χ2n) is 11.8. The Kier molecular flexibility index (Phi) is 5.14. The van der Waals surface area contributed by atoms with Crippen molar-refractivity contribution in [1.82, 2.24) is 20.5 Å². The Bertz CT molecular complexity index is 1050. The third kappa shape index (κ3) is 3.34. The molecule has 0 aromatic carbocycles. The Morgan fingerprint density at radius 2 is 1.94 bits per heavy atom. The van der Waals surface area contributed by atoms with Crippen LogP contribution in [0.5, 0.6) is 0 Å². The van der Waals surface area contributed by atoms with E-state index in [9.17, 15) is 9.59 Å². The van der Waals surface area contributed by atoms with Gasteiger partial charge in [-0.1, -0.05) is 17.7 Å². The molecular formula is C26H34ClN5O2. The number of primary amides is 1. The number of hydrogen-bond acceptors (Lipinski definition) is 5. The summed E-state index contributed by atoms with van der Waals surface area (Å²) in [6.07, 6.45) is 6.62. The minimum atomic E-state index is -0.704. The molecule has 3 atom stereocenters. The van der Waals surface area contributed by atoms with Gasteiger partial charge in [0.15, 0.2) is 0 Å². The summed E-state index contributed by atoms with van der Waals surface area (Å²) >= 11 is 6.06. The van der Waals surface area contributed by atoms with Crippen LogP contribution in [-0.4, -0.2) is 52.9 Å². The zero-order valence-corrected chi connectivity index (χ0v) is 20.7. The molecule has 2 amide bonds. The van der Waals surface area contributed by atoms with Crippen LogP contribution in [0.3, 0.4) is 0 Å². The van der Waals surface area contributed by atoms with Crippen LogP contribution in [0.4, 0.5) is 0 Å². The molecule has 2 aliphatic heterocycles. The Hall–Kier alpha value is -1.96. The number of nitrogens with zero attached hydrogens (tertiary/aromatic N) is 2. The van der Waals surface area contributed by atoms with Crippen molar-refractivity contribution in [3.63, 3.8) is 0 Å². The van der Waals surface area contributed by atoms with Gasteiger partial charge in [-0.05, 0) is 86.5 Å². The highest BCUT2D eigenvalue weighted by atomic mass is 35.5. The number of aromatic nitrogens is 1. The molecule has 34 heavy (non-hydrogen) atoms. The Balaban J connectivity index is 1.24. The monoisotopic (exact) mass is 483 g/mol. The quantitative estimate of drug-likeness (QED) is 0.441. The maximum atomic E-state index is 13.9. The molecule has 1 aromatic heterocycles.